The molecule has 2 aromatic carbocycles. The summed E-state index contributed by atoms with van der Waals surface area (Å²) in [5.74, 6) is 0. The number of rotatable bonds is 6. The molecule has 0 unspecified atom stereocenters. The molecule has 0 saturated carbocycles. The second-order valence-electron chi connectivity index (χ2n) is 6.24. The van der Waals surface area contributed by atoms with Gasteiger partial charge in [-0.2, -0.15) is 31.4 Å². The molecule has 13 heteroatoms. The van der Waals surface area contributed by atoms with Crippen molar-refractivity contribution in [3.63, 3.8) is 0 Å². The van der Waals surface area contributed by atoms with Gasteiger partial charge in [-0.1, -0.05) is 23.4 Å². The van der Waals surface area contributed by atoms with Crippen LogP contribution in [0.5, 0.6) is 0 Å². The number of hydroxylamine groups is 1. The molecule has 0 aliphatic heterocycles. The zero-order valence-electron chi connectivity index (χ0n) is 17.5. The molecule has 33 heavy (non-hydrogen) atoms. The van der Waals surface area contributed by atoms with Gasteiger partial charge in [0.2, 0.25) is 0 Å². The third-order valence-corrected chi connectivity index (χ3v) is 4.83. The van der Waals surface area contributed by atoms with E-state index >= 15 is 0 Å². The Labute approximate surface area is 189 Å². The molecule has 0 bridgehead atoms. The average molecular weight is 496 g/mol. The van der Waals surface area contributed by atoms with Gasteiger partial charge in [-0.3, -0.25) is 4.84 Å². The topological polar surface area (TPSA) is 60.4 Å². The van der Waals surface area contributed by atoms with E-state index in [1.165, 1.54) is 19.4 Å². The molecule has 0 atom stereocenters. The summed E-state index contributed by atoms with van der Waals surface area (Å²) in [7, 11) is 2.37. The SMILES string of the molecule is COC(=O)N(OC)c1ccccc1CON=C(SC)c1cc(C(F)(F)F)cc(C(F)(F)F)c1. The molecule has 2 aromatic rings. The van der Waals surface area contributed by atoms with Crippen molar-refractivity contribution in [1.82, 2.24) is 0 Å². The van der Waals surface area contributed by atoms with Gasteiger partial charge in [0.05, 0.1) is 31.0 Å². The van der Waals surface area contributed by atoms with E-state index in [1.54, 1.807) is 18.2 Å². The van der Waals surface area contributed by atoms with E-state index in [2.05, 4.69) is 9.89 Å². The first-order chi connectivity index (χ1) is 15.4. The largest absolute Gasteiger partial charge is 0.451 e. The van der Waals surface area contributed by atoms with E-state index in [0.717, 1.165) is 23.9 Å². The van der Waals surface area contributed by atoms with Gasteiger partial charge in [0.15, 0.2) is 0 Å². The maximum atomic E-state index is 13.1. The lowest BCUT2D eigenvalue weighted by Gasteiger charge is -2.20. The van der Waals surface area contributed by atoms with Crippen molar-refractivity contribution in [2.45, 2.75) is 19.0 Å². The Kier molecular flexibility index (Phi) is 8.61. The van der Waals surface area contributed by atoms with Gasteiger partial charge < -0.3 is 9.57 Å². The molecular weight excluding hydrogens is 478 g/mol. The minimum Gasteiger partial charge on any atom is -0.451 e. The number of thioether (sulfide) groups is 1. The molecule has 0 N–H and O–H groups in total. The molecule has 0 heterocycles. The maximum Gasteiger partial charge on any atom is 0.438 e. The van der Waals surface area contributed by atoms with Gasteiger partial charge in [-0.15, -0.1) is 11.8 Å². The van der Waals surface area contributed by atoms with Crippen molar-refractivity contribution in [3.05, 3.63) is 64.7 Å². The normalized spacial score (nSPS) is 12.5. The number of carbonyl (C=O) groups excluding carboxylic acids is 1. The minimum atomic E-state index is -4.99. The summed E-state index contributed by atoms with van der Waals surface area (Å²) in [5, 5.41) is 4.34. The standard InChI is InChI=1S/C20H18F6N2O4S/c1-30-18(29)28(31-2)16-7-5-4-6-12(16)11-32-27-17(33-3)13-8-14(19(21,22)23)10-15(9-13)20(24,25)26/h4-10H,11H2,1-3H3. The summed E-state index contributed by atoms with van der Waals surface area (Å²) < 4.78 is 83.4. The van der Waals surface area contributed by atoms with Crippen LogP contribution in [-0.2, 0) is 33.4 Å². The van der Waals surface area contributed by atoms with Crippen LogP contribution >= 0.6 is 11.8 Å². The number of hydrogen-bond acceptors (Lipinski definition) is 6. The van der Waals surface area contributed by atoms with Crippen LogP contribution in [-0.4, -0.2) is 31.6 Å². The van der Waals surface area contributed by atoms with E-state index < -0.39 is 35.1 Å². The van der Waals surface area contributed by atoms with Gasteiger partial charge in [-0.05, 0) is 30.5 Å². The molecule has 0 aromatic heterocycles. The Hall–Kier alpha value is -2.93. The molecule has 0 aliphatic rings. The number of carbonyl (C=O) groups is 1. The molecule has 0 radical (unpaired) electrons. The van der Waals surface area contributed by atoms with Crippen molar-refractivity contribution in [1.29, 1.82) is 0 Å². The minimum absolute atomic E-state index is 0.0324. The highest BCUT2D eigenvalue weighted by atomic mass is 32.2. The van der Waals surface area contributed by atoms with Crippen LogP contribution < -0.4 is 5.06 Å². The van der Waals surface area contributed by atoms with E-state index in [9.17, 15) is 31.1 Å². The number of oxime groups is 1. The Balaban J connectivity index is 2.37. The van der Waals surface area contributed by atoms with Crippen molar-refractivity contribution >= 4 is 28.6 Å². The number of benzene rings is 2. The van der Waals surface area contributed by atoms with Gasteiger partial charge in [0.1, 0.15) is 11.7 Å². The van der Waals surface area contributed by atoms with Gasteiger partial charge in [-0.25, -0.2) is 4.79 Å². The van der Waals surface area contributed by atoms with Crippen molar-refractivity contribution in [2.75, 3.05) is 25.5 Å². The highest BCUT2D eigenvalue weighted by Gasteiger charge is 2.37. The number of ether oxygens (including phenoxy) is 1. The number of anilines is 1. The maximum absolute atomic E-state index is 13.1. The van der Waals surface area contributed by atoms with Gasteiger partial charge in [0, 0.05) is 11.1 Å². The highest BCUT2D eigenvalue weighted by Crippen LogP contribution is 2.37. The summed E-state index contributed by atoms with van der Waals surface area (Å²) in [6.45, 7) is -0.276. The van der Waals surface area contributed by atoms with Crippen LogP contribution in [0.25, 0.3) is 0 Å². The van der Waals surface area contributed by atoms with Crippen molar-refractivity contribution in [3.8, 4) is 0 Å². The molecule has 1 amide bonds. The van der Waals surface area contributed by atoms with Crippen molar-refractivity contribution < 1.29 is 45.5 Å². The molecule has 2 rings (SSSR count). The van der Waals surface area contributed by atoms with Crippen LogP contribution in [0.1, 0.15) is 22.3 Å². The number of nitrogens with zero attached hydrogens (tertiary/aromatic N) is 2. The zero-order chi connectivity index (χ0) is 24.8. The third-order valence-electron chi connectivity index (χ3n) is 4.13. The van der Waals surface area contributed by atoms with Crippen LogP contribution in [0.2, 0.25) is 0 Å². The van der Waals surface area contributed by atoms with Crippen LogP contribution in [0.15, 0.2) is 47.6 Å². The average Bonchev–Trinajstić information content (AvgIpc) is 2.76. The fraction of sp³-hybridized carbons (Fsp3) is 0.300. The second kappa shape index (κ2) is 10.8. The van der Waals surface area contributed by atoms with E-state index in [0.29, 0.717) is 17.7 Å². The monoisotopic (exact) mass is 496 g/mol. The van der Waals surface area contributed by atoms with Crippen LogP contribution in [0.3, 0.4) is 0 Å². The second-order valence-corrected chi connectivity index (χ2v) is 7.04. The summed E-state index contributed by atoms with van der Waals surface area (Å²) >= 11 is 0.801. The van der Waals surface area contributed by atoms with Crippen LogP contribution in [0.4, 0.5) is 36.8 Å². The Morgan fingerprint density at radius 2 is 1.58 bits per heavy atom. The van der Waals surface area contributed by atoms with E-state index in [4.69, 9.17) is 9.68 Å². The molecule has 0 fully saturated rings. The lowest BCUT2D eigenvalue weighted by Crippen LogP contribution is -2.30. The lowest BCUT2D eigenvalue weighted by molar-refractivity contribution is -0.143. The number of methoxy groups -OCH3 is 1. The van der Waals surface area contributed by atoms with Gasteiger partial charge >= 0.3 is 18.4 Å². The quantitative estimate of drug-likeness (QED) is 0.209. The fourth-order valence-corrected chi connectivity index (χ4v) is 3.11. The van der Waals surface area contributed by atoms with Gasteiger partial charge in [0.25, 0.3) is 0 Å². The lowest BCUT2D eigenvalue weighted by atomic mass is 10.1. The summed E-state index contributed by atoms with van der Waals surface area (Å²) in [5.41, 5.74) is -2.72. The van der Waals surface area contributed by atoms with E-state index in [1.807, 2.05) is 0 Å². The zero-order valence-corrected chi connectivity index (χ0v) is 18.3. The first-order valence-corrected chi connectivity index (χ1v) is 10.2. The summed E-state index contributed by atoms with van der Waals surface area (Å²) in [4.78, 5) is 22.0. The fourth-order valence-electron chi connectivity index (χ4n) is 2.63. The Bertz CT molecular complexity index is 979. The van der Waals surface area contributed by atoms with Crippen LogP contribution in [0, 0.1) is 0 Å². The molecule has 0 aliphatic carbocycles. The number of halogens is 6. The summed E-state index contributed by atoms with van der Waals surface area (Å²) in [6.07, 6.45) is -9.39. The molecule has 180 valence electrons. The first-order valence-electron chi connectivity index (χ1n) is 8.96. The predicted molar refractivity (Wildman–Crippen MR) is 110 cm³/mol. The molecule has 0 saturated heterocycles. The molecule has 6 nitrogen and oxygen atoms in total. The number of amides is 1. The Morgan fingerprint density at radius 3 is 2.06 bits per heavy atom. The number of para-hydroxylation sites is 1. The molecular formula is C20H18F6N2O4S. The molecule has 0 spiro atoms. The smallest absolute Gasteiger partial charge is 0.438 e. The van der Waals surface area contributed by atoms with E-state index in [-0.39, 0.29) is 23.4 Å². The highest BCUT2D eigenvalue weighted by molar-refractivity contribution is 8.13. The number of hydrogen-bond donors (Lipinski definition) is 0. The number of alkyl halides is 6. The predicted octanol–water partition coefficient (Wildman–Crippen LogP) is 6.10. The van der Waals surface area contributed by atoms with Crippen molar-refractivity contribution in [2.24, 2.45) is 5.16 Å². The third kappa shape index (κ3) is 6.78. The summed E-state index contributed by atoms with van der Waals surface area (Å²) in [6, 6.07) is 7.45. The Morgan fingerprint density at radius 1 is 1.00 bits per heavy atom. The first kappa shape index (κ1) is 26.3.